The highest BCUT2D eigenvalue weighted by Crippen LogP contribution is 2.47. The molecule has 14 heteroatoms. The first-order valence-corrected chi connectivity index (χ1v) is 30.3. The van der Waals surface area contributed by atoms with E-state index in [1.54, 1.807) is 59.2 Å². The molecule has 0 saturated carbocycles. The summed E-state index contributed by atoms with van der Waals surface area (Å²) in [6.07, 6.45) is 10.8. The zero-order chi connectivity index (χ0) is 48.8. The molecule has 0 spiro atoms. The summed E-state index contributed by atoms with van der Waals surface area (Å²) in [5.74, 6) is 5.40. The van der Waals surface area contributed by atoms with Crippen molar-refractivity contribution in [1.29, 1.82) is 0 Å². The number of anilines is 6. The average Bonchev–Trinajstić information content (AvgIpc) is 3.45. The maximum Gasteiger partial charge on any atom is 0.256 e. The van der Waals surface area contributed by atoms with Gasteiger partial charge >= 0.3 is 0 Å². The fourth-order valence-electron chi connectivity index (χ4n) is 12.3. The summed E-state index contributed by atoms with van der Waals surface area (Å²) < 4.78 is 26.1. The molecule has 0 aromatic heterocycles. The number of hydrogen-bond donors (Lipinski definition) is 1. The zero-order valence-corrected chi connectivity index (χ0v) is 44.5. The van der Waals surface area contributed by atoms with Gasteiger partial charge in [0.1, 0.15) is 34.5 Å². The molecule has 15 rings (SSSR count). The first kappa shape index (κ1) is 44.2. The fourth-order valence-corrected chi connectivity index (χ4v) is 15.1. The molecule has 6 heterocycles. The van der Waals surface area contributed by atoms with Crippen molar-refractivity contribution in [1.82, 2.24) is 0 Å². The monoisotopic (exact) mass is 1030 g/mol. The number of fused-ring (bicyclic) bond motifs is 12. The van der Waals surface area contributed by atoms with Crippen LogP contribution in [0, 0.1) is 0 Å². The Hall–Kier alpha value is -6.28. The highest BCUT2D eigenvalue weighted by molar-refractivity contribution is 8.00. The SMILES string of the molecule is CSc1cc2c3c(c1)Oc1cc(-c4ccccc4)ccc1B3c1cc3c(cc1N2)N(SC)c1cc(SC)cc2c1B3c1cc3c(cc1O2)N(SC)c1cc(SC)cc2c1B3c1ccc(-c3ccccc3)cc1O2. The van der Waals surface area contributed by atoms with Gasteiger partial charge in [0.15, 0.2) is 0 Å². The normalized spacial score (nSPS) is 14.1. The molecule has 73 heavy (non-hydrogen) atoms. The minimum absolute atomic E-state index is 0.0582. The van der Waals surface area contributed by atoms with Crippen LogP contribution in [0.5, 0.6) is 34.5 Å². The fraction of sp³-hybridized carbons (Fsp3) is 0.0847. The summed E-state index contributed by atoms with van der Waals surface area (Å²) in [5.41, 5.74) is 22.3. The lowest BCUT2D eigenvalue weighted by atomic mass is 9.30. The van der Waals surface area contributed by atoms with Gasteiger partial charge in [-0.1, -0.05) is 97.1 Å². The Morgan fingerprint density at radius 3 is 1.32 bits per heavy atom. The van der Waals surface area contributed by atoms with Gasteiger partial charge in [0.2, 0.25) is 0 Å². The summed E-state index contributed by atoms with van der Waals surface area (Å²) >= 11 is 8.71. The Balaban J connectivity index is 0.962. The van der Waals surface area contributed by atoms with Crippen LogP contribution >= 0.6 is 59.2 Å². The van der Waals surface area contributed by atoms with E-state index in [0.717, 1.165) is 88.7 Å². The number of nitrogens with zero attached hydrogens (tertiary/aromatic N) is 2. The van der Waals surface area contributed by atoms with Gasteiger partial charge in [0, 0.05) is 50.3 Å². The van der Waals surface area contributed by atoms with Crippen LogP contribution in [0.1, 0.15) is 0 Å². The molecule has 0 unspecified atom stereocenters. The molecule has 6 aliphatic rings. The molecule has 0 aliphatic carbocycles. The van der Waals surface area contributed by atoms with Gasteiger partial charge in [-0.3, -0.25) is 8.61 Å². The number of rotatable bonds is 7. The van der Waals surface area contributed by atoms with Crippen LogP contribution in [0.2, 0.25) is 0 Å². The standard InChI is InChI=1S/C59H42B3N3O3S5/c1-69-36-22-46-57-54(25-36)66-51-20-34(32-12-8-6-9-13-32)16-18-39(51)60(57)41-28-42-47(30-45(41)63-46)64(72-4)50-24-38(71-3)27-56-59(50)62(42)44-29-43-48(31-53(44)68-56)65(73-5)49-23-37(70-2)26-55-58(49)61(43)40-19-17-35(21-52(40)67-55)33-14-10-7-11-15-33/h6-31,63H,1-5H3. The van der Waals surface area contributed by atoms with Crippen LogP contribution in [-0.2, 0) is 0 Å². The van der Waals surface area contributed by atoms with Crippen molar-refractivity contribution < 1.29 is 14.2 Å². The highest BCUT2D eigenvalue weighted by Gasteiger charge is 2.48. The lowest BCUT2D eigenvalue weighted by Gasteiger charge is -2.43. The van der Waals surface area contributed by atoms with Gasteiger partial charge in [-0.05, 0) is 169 Å². The lowest BCUT2D eigenvalue weighted by Crippen LogP contribution is -2.64. The molecule has 9 aromatic rings. The number of thioether (sulfide) groups is 3. The Kier molecular flexibility index (Phi) is 10.2. The van der Waals surface area contributed by atoms with Crippen LogP contribution in [0.15, 0.2) is 172 Å². The van der Waals surface area contributed by atoms with Crippen molar-refractivity contribution in [2.45, 2.75) is 14.7 Å². The Bertz CT molecular complexity index is 3870. The van der Waals surface area contributed by atoms with Crippen molar-refractivity contribution in [3.05, 3.63) is 158 Å². The molecule has 9 aromatic carbocycles. The zero-order valence-electron chi connectivity index (χ0n) is 40.4. The van der Waals surface area contributed by atoms with E-state index >= 15 is 0 Å². The maximum atomic E-state index is 7.30. The predicted octanol–water partition coefficient (Wildman–Crippen LogP) is 10.6. The van der Waals surface area contributed by atoms with Crippen molar-refractivity contribution in [3.8, 4) is 56.8 Å². The third-order valence-electron chi connectivity index (χ3n) is 15.5. The van der Waals surface area contributed by atoms with Gasteiger partial charge in [-0.2, -0.15) is 0 Å². The second-order valence-electron chi connectivity index (χ2n) is 19.1. The minimum atomic E-state index is -0.125. The minimum Gasteiger partial charge on any atom is -0.458 e. The van der Waals surface area contributed by atoms with Crippen molar-refractivity contribution in [3.63, 3.8) is 0 Å². The van der Waals surface area contributed by atoms with Crippen LogP contribution in [0.25, 0.3) is 22.3 Å². The lowest BCUT2D eigenvalue weighted by molar-refractivity contribution is 0.486. The average molecular weight is 1030 g/mol. The van der Waals surface area contributed by atoms with Gasteiger partial charge in [0.05, 0.1) is 17.1 Å². The Morgan fingerprint density at radius 1 is 0.342 bits per heavy atom. The number of hydrogen-bond acceptors (Lipinski definition) is 11. The van der Waals surface area contributed by atoms with Crippen LogP contribution < -0.4 is 77.3 Å². The highest BCUT2D eigenvalue weighted by atomic mass is 32.2. The van der Waals surface area contributed by atoms with Crippen LogP contribution in [-0.4, -0.2) is 51.4 Å². The summed E-state index contributed by atoms with van der Waals surface area (Å²) in [6, 6.07) is 58.3. The molecular weight excluding hydrogens is 991 g/mol. The Morgan fingerprint density at radius 2 is 0.795 bits per heavy atom. The molecular formula is C59H42B3N3O3S5. The van der Waals surface area contributed by atoms with Gasteiger partial charge in [0.25, 0.3) is 20.1 Å². The molecule has 6 nitrogen and oxygen atoms in total. The van der Waals surface area contributed by atoms with Crippen molar-refractivity contribution in [2.75, 3.05) is 45.2 Å². The first-order chi connectivity index (χ1) is 35.9. The molecule has 0 radical (unpaired) electrons. The first-order valence-electron chi connectivity index (χ1n) is 24.3. The predicted molar refractivity (Wildman–Crippen MR) is 320 cm³/mol. The van der Waals surface area contributed by atoms with Gasteiger partial charge in [-0.15, -0.1) is 35.3 Å². The topological polar surface area (TPSA) is 46.2 Å². The van der Waals surface area contributed by atoms with E-state index in [2.05, 4.69) is 203 Å². The second kappa shape index (κ2) is 16.9. The summed E-state index contributed by atoms with van der Waals surface area (Å²) in [5, 5.41) is 3.98. The quantitative estimate of drug-likeness (QED) is 0.0944. The van der Waals surface area contributed by atoms with E-state index in [1.807, 2.05) is 0 Å². The molecule has 0 fully saturated rings. The summed E-state index contributed by atoms with van der Waals surface area (Å²) in [4.78, 5) is 3.49. The number of ether oxygens (including phenoxy) is 3. The molecule has 350 valence electrons. The molecule has 0 bridgehead atoms. The van der Waals surface area contributed by atoms with Crippen molar-refractivity contribution in [2.24, 2.45) is 0 Å². The molecule has 0 atom stereocenters. The van der Waals surface area contributed by atoms with E-state index < -0.39 is 0 Å². The third-order valence-corrected chi connectivity index (χ3v) is 19.1. The smallest absolute Gasteiger partial charge is 0.256 e. The molecule has 0 saturated heterocycles. The van der Waals surface area contributed by atoms with Crippen LogP contribution in [0.4, 0.5) is 34.1 Å². The number of benzene rings is 9. The van der Waals surface area contributed by atoms with E-state index in [4.69, 9.17) is 14.2 Å². The summed E-state index contributed by atoms with van der Waals surface area (Å²) in [6.45, 7) is -0.255. The van der Waals surface area contributed by atoms with Crippen LogP contribution in [0.3, 0.4) is 0 Å². The molecule has 6 aliphatic heterocycles. The maximum absolute atomic E-state index is 7.30. The van der Waals surface area contributed by atoms with Gasteiger partial charge in [-0.25, -0.2) is 0 Å². The third kappa shape index (κ3) is 6.56. The van der Waals surface area contributed by atoms with Crippen molar-refractivity contribution >= 4 is 163 Å². The van der Waals surface area contributed by atoms with E-state index in [-0.39, 0.29) is 20.1 Å². The van der Waals surface area contributed by atoms with E-state index in [0.29, 0.717) is 0 Å². The number of nitrogens with one attached hydrogen (secondary N) is 1. The second-order valence-corrected chi connectivity index (χ2v) is 23.2. The van der Waals surface area contributed by atoms with E-state index in [9.17, 15) is 0 Å². The summed E-state index contributed by atoms with van der Waals surface area (Å²) in [7, 11) is 0. The van der Waals surface area contributed by atoms with Gasteiger partial charge < -0.3 is 19.5 Å². The van der Waals surface area contributed by atoms with E-state index in [1.165, 1.54) is 66.0 Å². The largest absolute Gasteiger partial charge is 0.458 e. The molecule has 1 N–H and O–H groups in total. The molecule has 0 amide bonds. The Labute approximate surface area is 447 Å².